The summed E-state index contributed by atoms with van der Waals surface area (Å²) in [6.07, 6.45) is 5.39. The second-order valence-electron chi connectivity index (χ2n) is 9.86. The fourth-order valence-corrected chi connectivity index (χ4v) is 5.96. The van der Waals surface area contributed by atoms with Crippen molar-refractivity contribution in [3.63, 3.8) is 0 Å². The molecule has 1 saturated heterocycles. The van der Waals surface area contributed by atoms with Crippen molar-refractivity contribution in [2.24, 2.45) is 11.7 Å². The number of piperidine rings is 1. The molecule has 174 valence electrons. The number of amides is 2. The zero-order valence-corrected chi connectivity index (χ0v) is 20.4. The third-order valence-electron chi connectivity index (χ3n) is 6.67. The summed E-state index contributed by atoms with van der Waals surface area (Å²) in [5.41, 5.74) is 6.02. The van der Waals surface area contributed by atoms with Gasteiger partial charge in [-0.1, -0.05) is 13.8 Å². The van der Waals surface area contributed by atoms with E-state index in [1.165, 1.54) is 9.75 Å². The van der Waals surface area contributed by atoms with E-state index in [1.54, 1.807) is 11.8 Å². The monoisotopic (exact) mass is 448 g/mol. The molecule has 0 radical (unpaired) electrons. The van der Waals surface area contributed by atoms with Gasteiger partial charge >= 0.3 is 0 Å². The Morgan fingerprint density at radius 1 is 1.23 bits per heavy atom. The van der Waals surface area contributed by atoms with Crippen molar-refractivity contribution in [2.45, 2.75) is 96.9 Å². The maximum Gasteiger partial charge on any atom is 0.243 e. The number of likely N-dealkylation sites (tertiary alicyclic amines) is 1. The van der Waals surface area contributed by atoms with Gasteiger partial charge in [0.05, 0.1) is 0 Å². The Hall–Kier alpha value is -1.44. The highest BCUT2D eigenvalue weighted by Gasteiger charge is 2.38. The summed E-state index contributed by atoms with van der Waals surface area (Å²) in [5.74, 6) is 0.552. The molecule has 1 aliphatic heterocycles. The third-order valence-corrected chi connectivity index (χ3v) is 7.66. The van der Waals surface area contributed by atoms with Gasteiger partial charge in [0.15, 0.2) is 0 Å². The fourth-order valence-electron chi connectivity index (χ4n) is 5.05. The number of nitrogens with one attached hydrogen (secondary N) is 1. The van der Waals surface area contributed by atoms with Gasteiger partial charge in [-0.05, 0) is 63.5 Å². The molecule has 1 saturated carbocycles. The molecule has 0 spiro atoms. The highest BCUT2D eigenvalue weighted by atomic mass is 32.1. The number of nitrogens with two attached hydrogens (primary N) is 1. The van der Waals surface area contributed by atoms with Crippen LogP contribution in [0.3, 0.4) is 0 Å². The summed E-state index contributed by atoms with van der Waals surface area (Å²) in [6, 6.07) is 4.75. The Morgan fingerprint density at radius 2 is 1.94 bits per heavy atom. The highest BCUT2D eigenvalue weighted by Crippen LogP contribution is 2.27. The molecule has 2 atom stereocenters. The molecule has 31 heavy (non-hydrogen) atoms. The predicted molar refractivity (Wildman–Crippen MR) is 127 cm³/mol. The van der Waals surface area contributed by atoms with Gasteiger partial charge in [0.1, 0.15) is 6.04 Å². The smallest absolute Gasteiger partial charge is 0.243 e. The van der Waals surface area contributed by atoms with Crippen molar-refractivity contribution in [1.82, 2.24) is 15.1 Å². The zero-order chi connectivity index (χ0) is 22.5. The molecule has 0 bridgehead atoms. The number of nitrogens with zero attached hydrogens (tertiary/aromatic N) is 2. The largest absolute Gasteiger partial charge is 0.352 e. The number of hydrogen-bond donors (Lipinski definition) is 2. The van der Waals surface area contributed by atoms with Gasteiger partial charge in [-0.25, -0.2) is 0 Å². The molecule has 7 heteroatoms. The molecule has 6 nitrogen and oxygen atoms in total. The van der Waals surface area contributed by atoms with Crippen LogP contribution in [0.1, 0.15) is 69.1 Å². The minimum Gasteiger partial charge on any atom is -0.352 e. The van der Waals surface area contributed by atoms with E-state index in [9.17, 15) is 9.59 Å². The van der Waals surface area contributed by atoms with Crippen LogP contribution in [0.2, 0.25) is 0 Å². The van der Waals surface area contributed by atoms with Crippen LogP contribution in [0.5, 0.6) is 0 Å². The lowest BCUT2D eigenvalue weighted by molar-refractivity contribution is -0.142. The number of aryl methyl sites for hydroxylation is 1. The minimum absolute atomic E-state index is 0.00597. The van der Waals surface area contributed by atoms with Crippen LogP contribution in [0, 0.1) is 12.8 Å². The Morgan fingerprint density at radius 3 is 2.52 bits per heavy atom. The van der Waals surface area contributed by atoms with Gasteiger partial charge < -0.3 is 16.0 Å². The van der Waals surface area contributed by atoms with E-state index >= 15 is 0 Å². The van der Waals surface area contributed by atoms with Gasteiger partial charge in [0.2, 0.25) is 11.8 Å². The summed E-state index contributed by atoms with van der Waals surface area (Å²) < 4.78 is 0. The van der Waals surface area contributed by atoms with E-state index < -0.39 is 0 Å². The van der Waals surface area contributed by atoms with Crippen molar-refractivity contribution in [1.29, 1.82) is 0 Å². The average Bonchev–Trinajstić information content (AvgIpc) is 3.13. The third kappa shape index (κ3) is 6.77. The first kappa shape index (κ1) is 24.2. The molecule has 3 rings (SSSR count). The molecule has 3 N–H and O–H groups in total. The van der Waals surface area contributed by atoms with Crippen molar-refractivity contribution in [2.75, 3.05) is 13.1 Å². The number of hydrogen-bond acceptors (Lipinski definition) is 5. The summed E-state index contributed by atoms with van der Waals surface area (Å²) in [5, 5.41) is 3.24. The van der Waals surface area contributed by atoms with Crippen molar-refractivity contribution in [3.8, 4) is 0 Å². The summed E-state index contributed by atoms with van der Waals surface area (Å²) >= 11 is 1.85. The van der Waals surface area contributed by atoms with Crippen molar-refractivity contribution >= 4 is 23.2 Å². The molecule has 0 aromatic carbocycles. The van der Waals surface area contributed by atoms with Crippen LogP contribution in [0.25, 0.3) is 0 Å². The molecule has 1 aromatic rings. The highest BCUT2D eigenvalue weighted by molar-refractivity contribution is 7.11. The predicted octanol–water partition coefficient (Wildman–Crippen LogP) is 3.28. The van der Waals surface area contributed by atoms with E-state index in [4.69, 9.17) is 5.73 Å². The molecule has 1 aromatic heterocycles. The van der Waals surface area contributed by atoms with E-state index in [1.807, 2.05) is 11.3 Å². The Labute approximate surface area is 191 Å². The van der Waals surface area contributed by atoms with Crippen LogP contribution in [-0.2, 0) is 16.1 Å². The zero-order valence-electron chi connectivity index (χ0n) is 19.6. The van der Waals surface area contributed by atoms with Gasteiger partial charge in [0.25, 0.3) is 0 Å². The van der Waals surface area contributed by atoms with Crippen molar-refractivity contribution in [3.05, 3.63) is 21.9 Å². The minimum atomic E-state index is -0.383. The van der Waals surface area contributed by atoms with Gasteiger partial charge in [-0.2, -0.15) is 0 Å². The van der Waals surface area contributed by atoms with Crippen molar-refractivity contribution < 1.29 is 9.59 Å². The van der Waals surface area contributed by atoms with Crippen LogP contribution in [0.15, 0.2) is 12.1 Å². The second kappa shape index (κ2) is 10.9. The van der Waals surface area contributed by atoms with Crippen LogP contribution < -0.4 is 11.1 Å². The number of thiophene rings is 1. The quantitative estimate of drug-likeness (QED) is 0.671. The molecule has 2 heterocycles. The Kier molecular flexibility index (Phi) is 8.53. The van der Waals surface area contributed by atoms with Gasteiger partial charge in [0, 0.05) is 54.4 Å². The summed E-state index contributed by atoms with van der Waals surface area (Å²) in [6.45, 7) is 10.8. The number of rotatable bonds is 7. The molecular formula is C24H40N4O2S. The lowest BCUT2D eigenvalue weighted by Crippen LogP contribution is -2.58. The topological polar surface area (TPSA) is 78.7 Å². The standard InChI is InChI=1S/C24H40N4O2S/c1-16(2)14-27(15-22-10-5-17(3)31-22)21-11-12-28(18(4)29)23(13-21)24(30)26-20-8-6-19(25)7-9-20/h5,10,16,19-21,23H,6-9,11-15,25H2,1-4H3,(H,26,30)/t19?,20?,21?,23-/m1/s1. The maximum absolute atomic E-state index is 13.3. The van der Waals surface area contributed by atoms with E-state index in [2.05, 4.69) is 43.1 Å². The Balaban J connectivity index is 1.70. The average molecular weight is 449 g/mol. The van der Waals surface area contributed by atoms with Crippen LogP contribution in [0.4, 0.5) is 0 Å². The molecule has 2 aliphatic rings. The number of carbonyl (C=O) groups excluding carboxylic acids is 2. The summed E-state index contributed by atoms with van der Waals surface area (Å²) in [7, 11) is 0. The van der Waals surface area contributed by atoms with E-state index in [-0.39, 0.29) is 29.9 Å². The van der Waals surface area contributed by atoms with Gasteiger partial charge in [-0.3, -0.25) is 14.5 Å². The summed E-state index contributed by atoms with van der Waals surface area (Å²) in [4.78, 5) is 32.6. The maximum atomic E-state index is 13.3. The van der Waals surface area contributed by atoms with E-state index in [0.29, 0.717) is 24.9 Å². The first-order chi connectivity index (χ1) is 14.7. The van der Waals surface area contributed by atoms with E-state index in [0.717, 1.165) is 45.2 Å². The van der Waals surface area contributed by atoms with Crippen LogP contribution >= 0.6 is 11.3 Å². The molecular weight excluding hydrogens is 408 g/mol. The first-order valence-corrected chi connectivity index (χ1v) is 12.7. The lowest BCUT2D eigenvalue weighted by atomic mass is 9.90. The lowest BCUT2D eigenvalue weighted by Gasteiger charge is -2.43. The molecule has 1 unspecified atom stereocenters. The fraction of sp³-hybridized carbons (Fsp3) is 0.750. The molecule has 2 amide bonds. The second-order valence-corrected chi connectivity index (χ2v) is 11.2. The van der Waals surface area contributed by atoms with Gasteiger partial charge in [-0.15, -0.1) is 11.3 Å². The normalized spacial score (nSPS) is 27.0. The SMILES string of the molecule is CC(=O)N1CCC(N(Cc2ccc(C)s2)CC(C)C)C[C@@H]1C(=O)NC1CCC(N)CC1. The molecule has 1 aliphatic carbocycles. The first-order valence-electron chi connectivity index (χ1n) is 11.9. The Bertz CT molecular complexity index is 742. The number of carbonyl (C=O) groups is 2. The molecule has 2 fully saturated rings. The van der Waals surface area contributed by atoms with Crippen LogP contribution in [-0.4, -0.2) is 58.9 Å².